The Kier molecular flexibility index (Phi) is 3.47. The van der Waals surface area contributed by atoms with Gasteiger partial charge in [0.05, 0.1) is 5.69 Å². The molecule has 104 valence electrons. The van der Waals surface area contributed by atoms with Gasteiger partial charge in [-0.25, -0.2) is 9.97 Å². The Bertz CT molecular complexity index is 756. The molecule has 0 saturated carbocycles. The molecule has 0 unspecified atom stereocenters. The first-order valence-electron chi connectivity index (χ1n) is 6.59. The maximum absolute atomic E-state index is 5.81. The van der Waals surface area contributed by atoms with Crippen LogP contribution in [0.5, 0.6) is 0 Å². The van der Waals surface area contributed by atoms with Crippen LogP contribution in [0.2, 0.25) is 0 Å². The summed E-state index contributed by atoms with van der Waals surface area (Å²) in [7, 11) is 0. The van der Waals surface area contributed by atoms with Crippen LogP contribution in [-0.2, 0) is 0 Å². The third-order valence-corrected chi connectivity index (χ3v) is 3.14. The Hall–Kier alpha value is -2.95. The van der Waals surface area contributed by atoms with Crippen LogP contribution in [0.3, 0.4) is 0 Å². The molecule has 0 aliphatic rings. The first-order valence-corrected chi connectivity index (χ1v) is 6.59. The van der Waals surface area contributed by atoms with E-state index in [1.165, 1.54) is 0 Å². The summed E-state index contributed by atoms with van der Waals surface area (Å²) in [5, 5.41) is 3.21. The van der Waals surface area contributed by atoms with E-state index in [0.717, 1.165) is 22.5 Å². The minimum Gasteiger partial charge on any atom is -0.399 e. The molecule has 21 heavy (non-hydrogen) atoms. The van der Waals surface area contributed by atoms with Crippen molar-refractivity contribution in [1.29, 1.82) is 0 Å². The van der Waals surface area contributed by atoms with E-state index in [1.807, 2.05) is 43.3 Å². The molecule has 2 aromatic heterocycles. The summed E-state index contributed by atoms with van der Waals surface area (Å²) in [6.45, 7) is 2.01. The lowest BCUT2D eigenvalue weighted by Gasteiger charge is -2.09. The summed E-state index contributed by atoms with van der Waals surface area (Å²) in [6, 6.07) is 11.4. The van der Waals surface area contributed by atoms with E-state index in [4.69, 9.17) is 5.73 Å². The van der Waals surface area contributed by atoms with Crippen LogP contribution in [0.15, 0.2) is 55.0 Å². The second-order valence-corrected chi connectivity index (χ2v) is 4.70. The zero-order valence-electron chi connectivity index (χ0n) is 11.6. The molecule has 0 aliphatic heterocycles. The molecule has 3 N–H and O–H groups in total. The summed E-state index contributed by atoms with van der Waals surface area (Å²) in [4.78, 5) is 12.8. The second kappa shape index (κ2) is 5.58. The number of pyridine rings is 1. The highest BCUT2D eigenvalue weighted by atomic mass is 15.1. The van der Waals surface area contributed by atoms with Gasteiger partial charge in [-0.2, -0.15) is 0 Å². The van der Waals surface area contributed by atoms with E-state index < -0.39 is 0 Å². The molecule has 2 heterocycles. The van der Waals surface area contributed by atoms with Crippen LogP contribution in [0, 0.1) is 6.92 Å². The van der Waals surface area contributed by atoms with Gasteiger partial charge in [0, 0.05) is 35.5 Å². The Morgan fingerprint density at radius 3 is 2.62 bits per heavy atom. The van der Waals surface area contributed by atoms with Crippen molar-refractivity contribution in [1.82, 2.24) is 15.0 Å². The van der Waals surface area contributed by atoms with Crippen molar-refractivity contribution in [2.24, 2.45) is 0 Å². The SMILES string of the molecule is Cc1ccc(N)cc1Nc1nccc(-c2ccncc2)n1. The van der Waals surface area contributed by atoms with Gasteiger partial charge in [0.2, 0.25) is 5.95 Å². The van der Waals surface area contributed by atoms with Crippen molar-refractivity contribution in [2.75, 3.05) is 11.1 Å². The van der Waals surface area contributed by atoms with Crippen molar-refractivity contribution < 1.29 is 0 Å². The molecule has 0 spiro atoms. The molecular weight excluding hydrogens is 262 g/mol. The quantitative estimate of drug-likeness (QED) is 0.719. The van der Waals surface area contributed by atoms with Crippen LogP contribution in [-0.4, -0.2) is 15.0 Å². The molecule has 0 saturated heterocycles. The third kappa shape index (κ3) is 2.97. The van der Waals surface area contributed by atoms with Gasteiger partial charge in [0.25, 0.3) is 0 Å². The Morgan fingerprint density at radius 2 is 1.81 bits per heavy atom. The van der Waals surface area contributed by atoms with Crippen molar-refractivity contribution in [3.63, 3.8) is 0 Å². The predicted octanol–water partition coefficient (Wildman–Crippen LogP) is 3.17. The standard InChI is InChI=1S/C16H15N5/c1-11-2-3-13(17)10-15(11)21-16-19-9-6-14(20-16)12-4-7-18-8-5-12/h2-10H,17H2,1H3,(H,19,20,21). The molecule has 0 amide bonds. The van der Waals surface area contributed by atoms with E-state index >= 15 is 0 Å². The highest BCUT2D eigenvalue weighted by Crippen LogP contribution is 2.22. The van der Waals surface area contributed by atoms with E-state index in [1.54, 1.807) is 18.6 Å². The van der Waals surface area contributed by atoms with Crippen LogP contribution in [0.25, 0.3) is 11.3 Å². The molecular formula is C16H15N5. The molecule has 0 aliphatic carbocycles. The van der Waals surface area contributed by atoms with E-state index in [9.17, 15) is 0 Å². The number of hydrogen-bond donors (Lipinski definition) is 2. The molecule has 3 rings (SSSR count). The predicted molar refractivity (Wildman–Crippen MR) is 84.1 cm³/mol. The summed E-state index contributed by atoms with van der Waals surface area (Å²) >= 11 is 0. The summed E-state index contributed by atoms with van der Waals surface area (Å²) in [6.07, 6.45) is 5.21. The van der Waals surface area contributed by atoms with Gasteiger partial charge in [-0.15, -0.1) is 0 Å². The maximum atomic E-state index is 5.81. The minimum atomic E-state index is 0.540. The normalized spacial score (nSPS) is 10.3. The largest absolute Gasteiger partial charge is 0.399 e. The van der Waals surface area contributed by atoms with Crippen molar-refractivity contribution >= 4 is 17.3 Å². The van der Waals surface area contributed by atoms with Crippen LogP contribution in [0.1, 0.15) is 5.56 Å². The number of benzene rings is 1. The molecule has 0 atom stereocenters. The zero-order chi connectivity index (χ0) is 14.7. The van der Waals surface area contributed by atoms with Gasteiger partial charge in [0.1, 0.15) is 0 Å². The number of aryl methyl sites for hydroxylation is 1. The van der Waals surface area contributed by atoms with Gasteiger partial charge in [0.15, 0.2) is 0 Å². The molecule has 1 aromatic carbocycles. The summed E-state index contributed by atoms with van der Waals surface area (Å²) in [5.41, 5.74) is 10.4. The number of hydrogen-bond acceptors (Lipinski definition) is 5. The van der Waals surface area contributed by atoms with Gasteiger partial charge in [-0.05, 0) is 42.8 Å². The van der Waals surface area contributed by atoms with E-state index in [2.05, 4.69) is 20.3 Å². The topological polar surface area (TPSA) is 76.7 Å². The summed E-state index contributed by atoms with van der Waals surface area (Å²) in [5.74, 6) is 0.540. The average Bonchev–Trinajstić information content (AvgIpc) is 2.52. The Morgan fingerprint density at radius 1 is 1.00 bits per heavy atom. The first-order chi connectivity index (χ1) is 10.2. The Balaban J connectivity index is 1.92. The molecule has 5 heteroatoms. The fraction of sp³-hybridized carbons (Fsp3) is 0.0625. The van der Waals surface area contributed by atoms with Crippen LogP contribution < -0.4 is 11.1 Å². The second-order valence-electron chi connectivity index (χ2n) is 4.70. The average molecular weight is 277 g/mol. The van der Waals surface area contributed by atoms with Gasteiger partial charge in [-0.1, -0.05) is 6.07 Å². The van der Waals surface area contributed by atoms with Crippen LogP contribution >= 0.6 is 0 Å². The maximum Gasteiger partial charge on any atom is 0.227 e. The van der Waals surface area contributed by atoms with Crippen molar-refractivity contribution in [3.8, 4) is 11.3 Å². The lowest BCUT2D eigenvalue weighted by molar-refractivity contribution is 1.16. The molecule has 3 aromatic rings. The number of nitrogens with one attached hydrogen (secondary N) is 1. The highest BCUT2D eigenvalue weighted by Gasteiger charge is 2.04. The van der Waals surface area contributed by atoms with E-state index in [-0.39, 0.29) is 0 Å². The van der Waals surface area contributed by atoms with Crippen molar-refractivity contribution in [3.05, 3.63) is 60.6 Å². The fourth-order valence-electron chi connectivity index (χ4n) is 2.00. The van der Waals surface area contributed by atoms with E-state index in [0.29, 0.717) is 11.6 Å². The van der Waals surface area contributed by atoms with Gasteiger partial charge in [-0.3, -0.25) is 4.98 Å². The van der Waals surface area contributed by atoms with Crippen molar-refractivity contribution in [2.45, 2.75) is 6.92 Å². The third-order valence-electron chi connectivity index (χ3n) is 3.14. The molecule has 5 nitrogen and oxygen atoms in total. The summed E-state index contributed by atoms with van der Waals surface area (Å²) < 4.78 is 0. The number of rotatable bonds is 3. The molecule has 0 bridgehead atoms. The minimum absolute atomic E-state index is 0.540. The number of nitrogens with two attached hydrogens (primary N) is 1. The Labute approximate surface area is 122 Å². The lowest BCUT2D eigenvalue weighted by atomic mass is 10.2. The number of anilines is 3. The smallest absolute Gasteiger partial charge is 0.227 e. The highest BCUT2D eigenvalue weighted by molar-refractivity contribution is 5.65. The van der Waals surface area contributed by atoms with Crippen LogP contribution in [0.4, 0.5) is 17.3 Å². The molecule has 0 fully saturated rings. The van der Waals surface area contributed by atoms with Gasteiger partial charge >= 0.3 is 0 Å². The monoisotopic (exact) mass is 277 g/mol. The number of aromatic nitrogens is 3. The number of nitrogens with zero attached hydrogens (tertiary/aromatic N) is 3. The first kappa shape index (κ1) is 13.1. The number of nitrogen functional groups attached to an aromatic ring is 1. The van der Waals surface area contributed by atoms with Gasteiger partial charge < -0.3 is 11.1 Å². The lowest BCUT2D eigenvalue weighted by Crippen LogP contribution is -2.00. The fourth-order valence-corrected chi connectivity index (χ4v) is 2.00. The molecule has 0 radical (unpaired) electrons. The zero-order valence-corrected chi connectivity index (χ0v) is 11.6.